The van der Waals surface area contributed by atoms with E-state index in [0.717, 1.165) is 10.6 Å². The summed E-state index contributed by atoms with van der Waals surface area (Å²) in [6, 6.07) is 14.0. The molecule has 0 aliphatic heterocycles. The maximum absolute atomic E-state index is 13.1. The third-order valence-electron chi connectivity index (χ3n) is 5.43. The van der Waals surface area contributed by atoms with E-state index in [4.69, 9.17) is 28.3 Å². The molecule has 1 heterocycles. The average molecular weight is 549 g/mol. The molecule has 3 aromatic rings. The fourth-order valence-electron chi connectivity index (χ4n) is 3.35. The molecule has 0 saturated heterocycles. The molecule has 0 aliphatic rings. The van der Waals surface area contributed by atoms with Crippen LogP contribution in [0.15, 0.2) is 53.4 Å². The average Bonchev–Trinajstić information content (AvgIpc) is 3.23. The van der Waals surface area contributed by atoms with E-state index in [2.05, 4.69) is 10.6 Å². The molecule has 1 aromatic heterocycles. The fraction of sp³-hybridized carbons (Fsp3) is 0.346. The van der Waals surface area contributed by atoms with E-state index < -0.39 is 0 Å². The van der Waals surface area contributed by atoms with Gasteiger partial charge in [-0.3, -0.25) is 4.79 Å². The third kappa shape index (κ3) is 6.96. The number of hydrogen-bond donors (Lipinski definition) is 2. The van der Waals surface area contributed by atoms with E-state index in [1.807, 2.05) is 71.2 Å². The molecule has 0 fully saturated rings. The fourth-order valence-corrected chi connectivity index (χ4v) is 4.05. The van der Waals surface area contributed by atoms with Crippen molar-refractivity contribution in [3.05, 3.63) is 64.3 Å². The standard InChI is InChI=1S/C26H31Cl2N5O2S/c1-16(2)32(25(35)29-17-7-10-19(36-6)11-8-17)15-24(34)30-23-14-22(26(3,4)5)31-33(23)18-9-12-20(27)21(28)13-18/h7-14,16H,15H2,1-6H3,(H,29,35)(H,30,34). The van der Waals surface area contributed by atoms with Crippen LogP contribution in [-0.2, 0) is 10.2 Å². The minimum Gasteiger partial charge on any atom is -0.313 e. The van der Waals surface area contributed by atoms with Gasteiger partial charge in [0, 0.05) is 28.1 Å². The summed E-state index contributed by atoms with van der Waals surface area (Å²) in [5.74, 6) is 0.123. The van der Waals surface area contributed by atoms with Crippen LogP contribution in [0.1, 0.15) is 40.3 Å². The van der Waals surface area contributed by atoms with Crippen molar-refractivity contribution in [1.29, 1.82) is 0 Å². The number of anilines is 2. The number of nitrogens with one attached hydrogen (secondary N) is 2. The Balaban J connectivity index is 1.81. The number of rotatable bonds is 7. The quantitative estimate of drug-likeness (QED) is 0.309. The van der Waals surface area contributed by atoms with Gasteiger partial charge in [-0.1, -0.05) is 44.0 Å². The van der Waals surface area contributed by atoms with Crippen molar-refractivity contribution >= 4 is 58.4 Å². The molecule has 0 saturated carbocycles. The SMILES string of the molecule is CSc1ccc(NC(=O)N(CC(=O)Nc2cc(C(C)(C)C)nn2-c2ccc(Cl)c(Cl)c2)C(C)C)cc1. The molecular weight excluding hydrogens is 517 g/mol. The first-order valence-corrected chi connectivity index (χ1v) is 13.4. The predicted molar refractivity (Wildman–Crippen MR) is 150 cm³/mol. The second-order valence-corrected chi connectivity index (χ2v) is 11.3. The molecule has 0 unspecified atom stereocenters. The summed E-state index contributed by atoms with van der Waals surface area (Å²) >= 11 is 13.9. The van der Waals surface area contributed by atoms with Crippen LogP contribution < -0.4 is 10.6 Å². The van der Waals surface area contributed by atoms with Gasteiger partial charge in [0.25, 0.3) is 0 Å². The zero-order valence-corrected chi connectivity index (χ0v) is 23.6. The number of thioether (sulfide) groups is 1. The first-order chi connectivity index (χ1) is 16.9. The van der Waals surface area contributed by atoms with Gasteiger partial charge in [0.1, 0.15) is 12.4 Å². The number of nitrogens with zero attached hydrogens (tertiary/aromatic N) is 3. The first kappa shape index (κ1) is 27.9. The van der Waals surface area contributed by atoms with Crippen LogP contribution in [0, 0.1) is 0 Å². The lowest BCUT2D eigenvalue weighted by molar-refractivity contribution is -0.117. The largest absolute Gasteiger partial charge is 0.322 e. The van der Waals surface area contributed by atoms with E-state index in [-0.39, 0.29) is 29.9 Å². The molecule has 0 bridgehead atoms. The maximum atomic E-state index is 13.1. The van der Waals surface area contributed by atoms with E-state index in [9.17, 15) is 9.59 Å². The van der Waals surface area contributed by atoms with Crippen molar-refractivity contribution in [2.75, 3.05) is 23.4 Å². The van der Waals surface area contributed by atoms with Crippen LogP contribution in [-0.4, -0.2) is 45.5 Å². The summed E-state index contributed by atoms with van der Waals surface area (Å²) < 4.78 is 1.62. The Labute approximate surface area is 226 Å². The van der Waals surface area contributed by atoms with Crippen molar-refractivity contribution in [3.63, 3.8) is 0 Å². The molecule has 3 amide bonds. The number of aromatic nitrogens is 2. The van der Waals surface area contributed by atoms with Gasteiger partial charge in [-0.15, -0.1) is 11.8 Å². The lowest BCUT2D eigenvalue weighted by atomic mass is 9.92. The minimum atomic E-state index is -0.356. The predicted octanol–water partition coefficient (Wildman–Crippen LogP) is 7.08. The molecule has 3 rings (SSSR count). The highest BCUT2D eigenvalue weighted by Crippen LogP contribution is 2.29. The van der Waals surface area contributed by atoms with Crippen molar-refractivity contribution in [3.8, 4) is 5.69 Å². The number of hydrogen-bond acceptors (Lipinski definition) is 4. The Morgan fingerprint density at radius 2 is 1.69 bits per heavy atom. The number of benzene rings is 2. The van der Waals surface area contributed by atoms with Gasteiger partial charge in [0.15, 0.2) is 0 Å². The highest BCUT2D eigenvalue weighted by Gasteiger charge is 2.24. The second kappa shape index (κ2) is 11.6. The summed E-state index contributed by atoms with van der Waals surface area (Å²) in [6.45, 7) is 9.70. The van der Waals surface area contributed by atoms with Gasteiger partial charge in [0.2, 0.25) is 5.91 Å². The van der Waals surface area contributed by atoms with Crippen LogP contribution in [0.2, 0.25) is 10.0 Å². The monoisotopic (exact) mass is 547 g/mol. The van der Waals surface area contributed by atoms with Crippen LogP contribution in [0.5, 0.6) is 0 Å². The van der Waals surface area contributed by atoms with Crippen LogP contribution in [0.4, 0.5) is 16.3 Å². The molecule has 192 valence electrons. The Bertz CT molecular complexity index is 1240. The Hall–Kier alpha value is -2.68. The highest BCUT2D eigenvalue weighted by molar-refractivity contribution is 7.98. The Kier molecular flexibility index (Phi) is 8.98. The number of carbonyl (C=O) groups is 2. The number of carbonyl (C=O) groups excluding carboxylic acids is 2. The molecule has 0 spiro atoms. The zero-order chi connectivity index (χ0) is 26.6. The molecule has 0 radical (unpaired) electrons. The van der Waals surface area contributed by atoms with Gasteiger partial charge >= 0.3 is 6.03 Å². The summed E-state index contributed by atoms with van der Waals surface area (Å²) in [5, 5.41) is 11.3. The number of halogens is 2. The zero-order valence-electron chi connectivity index (χ0n) is 21.2. The van der Waals surface area contributed by atoms with Crippen molar-refractivity contribution in [2.45, 2.75) is 51.0 Å². The van der Waals surface area contributed by atoms with Gasteiger partial charge < -0.3 is 15.5 Å². The minimum absolute atomic E-state index is 0.135. The van der Waals surface area contributed by atoms with E-state index in [1.54, 1.807) is 34.6 Å². The maximum Gasteiger partial charge on any atom is 0.322 e. The summed E-state index contributed by atoms with van der Waals surface area (Å²) in [5.41, 5.74) is 1.85. The van der Waals surface area contributed by atoms with E-state index in [1.165, 1.54) is 4.90 Å². The molecule has 10 heteroatoms. The lowest BCUT2D eigenvalue weighted by Gasteiger charge is -2.26. The lowest BCUT2D eigenvalue weighted by Crippen LogP contribution is -2.44. The van der Waals surface area contributed by atoms with Gasteiger partial charge in [-0.2, -0.15) is 5.10 Å². The third-order valence-corrected chi connectivity index (χ3v) is 6.92. The van der Waals surface area contributed by atoms with Crippen molar-refractivity contribution in [1.82, 2.24) is 14.7 Å². The molecular formula is C26H31Cl2N5O2S. The Morgan fingerprint density at radius 3 is 2.25 bits per heavy atom. The summed E-state index contributed by atoms with van der Waals surface area (Å²) in [7, 11) is 0. The van der Waals surface area contributed by atoms with Crippen molar-refractivity contribution < 1.29 is 9.59 Å². The van der Waals surface area contributed by atoms with Crippen LogP contribution in [0.25, 0.3) is 5.69 Å². The smallest absolute Gasteiger partial charge is 0.313 e. The Morgan fingerprint density at radius 1 is 1.03 bits per heavy atom. The van der Waals surface area contributed by atoms with E-state index >= 15 is 0 Å². The van der Waals surface area contributed by atoms with Crippen molar-refractivity contribution in [2.24, 2.45) is 0 Å². The normalized spacial score (nSPS) is 11.5. The highest BCUT2D eigenvalue weighted by atomic mass is 35.5. The molecule has 36 heavy (non-hydrogen) atoms. The van der Waals surface area contributed by atoms with E-state index in [0.29, 0.717) is 27.2 Å². The van der Waals surface area contributed by atoms with Crippen LogP contribution >= 0.6 is 35.0 Å². The number of amides is 3. The topological polar surface area (TPSA) is 79.3 Å². The summed E-state index contributed by atoms with van der Waals surface area (Å²) in [4.78, 5) is 28.7. The number of urea groups is 1. The second-order valence-electron chi connectivity index (χ2n) is 9.60. The van der Waals surface area contributed by atoms with Gasteiger partial charge in [-0.05, 0) is 62.6 Å². The van der Waals surface area contributed by atoms with Crippen LogP contribution in [0.3, 0.4) is 0 Å². The first-order valence-electron chi connectivity index (χ1n) is 11.5. The van der Waals surface area contributed by atoms with Gasteiger partial charge in [-0.25, -0.2) is 9.48 Å². The van der Waals surface area contributed by atoms with Gasteiger partial charge in [0.05, 0.1) is 21.4 Å². The molecule has 7 nitrogen and oxygen atoms in total. The molecule has 2 N–H and O–H groups in total. The molecule has 2 aromatic carbocycles. The molecule has 0 atom stereocenters. The summed E-state index contributed by atoms with van der Waals surface area (Å²) in [6.07, 6.45) is 1.99. The molecule has 0 aliphatic carbocycles.